The highest BCUT2D eigenvalue weighted by molar-refractivity contribution is 14.1. The maximum absolute atomic E-state index is 3.47. The topological polar surface area (TPSA) is 3.24 Å². The van der Waals surface area contributed by atoms with Crippen molar-refractivity contribution in [3.8, 4) is 0 Å². The van der Waals surface area contributed by atoms with Gasteiger partial charge in [-0.2, -0.15) is 0 Å². The summed E-state index contributed by atoms with van der Waals surface area (Å²) >= 11 is 12.3. The van der Waals surface area contributed by atoms with Gasteiger partial charge in [0.1, 0.15) is 0 Å². The fraction of sp³-hybridized carbons (Fsp3) is 0. The number of rotatable bonds is 1. The molecule has 0 amide bonds. The first kappa shape index (κ1) is 10.3. The van der Waals surface area contributed by atoms with E-state index in [9.17, 15) is 0 Å². The Hall–Kier alpha value is 1.19. The Morgan fingerprint density at radius 3 is 2.36 bits per heavy atom. The summed E-state index contributed by atoms with van der Waals surface area (Å²) in [5, 5.41) is 0. The van der Waals surface area contributed by atoms with Crippen LogP contribution in [0.15, 0.2) is 22.7 Å². The van der Waals surface area contributed by atoms with Crippen molar-refractivity contribution >= 4 is 76.5 Å². The third-order valence-electron chi connectivity index (χ3n) is 1.11. The smallest absolute Gasteiger partial charge is 0.0748 e. The molecule has 0 aliphatic rings. The van der Waals surface area contributed by atoms with E-state index in [-0.39, 0.29) is 0 Å². The van der Waals surface area contributed by atoms with Crippen molar-refractivity contribution in [3.05, 3.63) is 26.2 Å². The monoisotopic (exact) mass is 453 g/mol. The lowest BCUT2D eigenvalue weighted by molar-refractivity contribution is 1.54. The number of hydrogen-bond acceptors (Lipinski definition) is 1. The van der Waals surface area contributed by atoms with E-state index in [2.05, 4.69) is 70.8 Å². The lowest BCUT2D eigenvalue weighted by atomic mass is 10.3. The second-order valence-corrected chi connectivity index (χ2v) is 6.13. The van der Waals surface area contributed by atoms with E-state index in [1.54, 1.807) is 2.95 Å². The summed E-state index contributed by atoms with van der Waals surface area (Å²) < 4.78 is 3.98. The fourth-order valence-electron chi connectivity index (χ4n) is 0.623. The van der Waals surface area contributed by atoms with Gasteiger partial charge < -0.3 is 0 Å². The first-order chi connectivity index (χ1) is 5.13. The van der Waals surface area contributed by atoms with E-state index in [4.69, 9.17) is 0 Å². The van der Waals surface area contributed by atoms with E-state index < -0.39 is 0 Å². The summed E-state index contributed by atoms with van der Waals surface area (Å²) in [5.74, 6) is 0. The highest BCUT2D eigenvalue weighted by Crippen LogP contribution is 2.33. The van der Waals surface area contributed by atoms with E-state index in [0.29, 0.717) is 0 Å². The summed E-state index contributed by atoms with van der Waals surface area (Å²) in [5.41, 5.74) is 1.05. The molecule has 0 saturated carbocycles. The lowest BCUT2D eigenvalue weighted by Gasteiger charge is -2.09. The maximum Gasteiger partial charge on any atom is 0.0748 e. The molecule has 0 bridgehead atoms. The molecule has 0 spiro atoms. The van der Waals surface area contributed by atoms with Crippen LogP contribution >= 0.6 is 70.8 Å². The normalized spacial score (nSPS) is 9.82. The van der Waals surface area contributed by atoms with Gasteiger partial charge in [-0.3, -0.25) is 0 Å². The maximum atomic E-state index is 3.47. The molecule has 1 nitrogen and oxygen atoms in total. The molecule has 0 saturated heterocycles. The molecule has 0 aliphatic carbocycles. The lowest BCUT2D eigenvalue weighted by Crippen LogP contribution is -1.91. The Morgan fingerprint density at radius 1 is 1.27 bits per heavy atom. The zero-order valence-corrected chi connectivity index (χ0v) is 12.1. The molecule has 0 unspecified atom stereocenters. The summed E-state index contributed by atoms with van der Waals surface area (Å²) in [6.07, 6.45) is 0. The predicted octanol–water partition coefficient (Wildman–Crippen LogP) is 4.48. The Kier molecular flexibility index (Phi) is 4.14. The number of benzene rings is 1. The third-order valence-corrected chi connectivity index (χ3v) is 4.35. The van der Waals surface area contributed by atoms with Crippen LogP contribution in [0.2, 0.25) is 0 Å². The van der Waals surface area contributed by atoms with Crippen molar-refractivity contribution < 1.29 is 0 Å². The van der Waals surface area contributed by atoms with Crippen molar-refractivity contribution in [2.24, 2.45) is 0 Å². The van der Waals surface area contributed by atoms with Gasteiger partial charge in [-0.15, -0.1) is 0 Å². The minimum atomic E-state index is 1.05. The van der Waals surface area contributed by atoms with Crippen LogP contribution in [0, 0.1) is 3.57 Å². The second kappa shape index (κ2) is 4.43. The van der Waals surface area contributed by atoms with Gasteiger partial charge in [-0.05, 0) is 50.7 Å². The van der Waals surface area contributed by atoms with Gasteiger partial charge in [-0.25, -0.2) is 2.95 Å². The molecular weight excluding hydrogens is 453 g/mol. The molecule has 0 heterocycles. The van der Waals surface area contributed by atoms with Gasteiger partial charge in [0, 0.05) is 3.57 Å². The molecule has 1 rings (SSSR count). The highest BCUT2D eigenvalue weighted by Gasteiger charge is 2.05. The van der Waals surface area contributed by atoms with Crippen molar-refractivity contribution in [2.75, 3.05) is 2.95 Å². The molecule has 1 aromatic rings. The molecule has 60 valence electrons. The molecule has 1 aromatic carbocycles. The average Bonchev–Trinajstić information content (AvgIpc) is 1.94. The van der Waals surface area contributed by atoms with E-state index in [0.717, 1.165) is 10.2 Å². The standard InChI is InChI=1S/C6H3Br3IN/c7-6-4(10)2-1-3-5(6)11(8)9/h1-3H. The van der Waals surface area contributed by atoms with E-state index >= 15 is 0 Å². The van der Waals surface area contributed by atoms with E-state index in [1.165, 1.54) is 3.57 Å². The van der Waals surface area contributed by atoms with Crippen molar-refractivity contribution in [3.63, 3.8) is 0 Å². The average molecular weight is 456 g/mol. The number of nitrogens with zero attached hydrogens (tertiary/aromatic N) is 1. The van der Waals surface area contributed by atoms with Crippen molar-refractivity contribution in [2.45, 2.75) is 0 Å². The van der Waals surface area contributed by atoms with Crippen LogP contribution in [-0.4, -0.2) is 0 Å². The van der Waals surface area contributed by atoms with Crippen LogP contribution in [-0.2, 0) is 0 Å². The number of hydrogen-bond donors (Lipinski definition) is 0. The molecule has 0 radical (unpaired) electrons. The van der Waals surface area contributed by atoms with Crippen LogP contribution < -0.4 is 2.95 Å². The predicted molar refractivity (Wildman–Crippen MR) is 67.2 cm³/mol. The summed E-state index contributed by atoms with van der Waals surface area (Å²) in [6, 6.07) is 6.03. The highest BCUT2D eigenvalue weighted by atomic mass is 127. The molecule has 5 heteroatoms. The van der Waals surface area contributed by atoms with Crippen molar-refractivity contribution in [1.82, 2.24) is 0 Å². The fourth-order valence-corrected chi connectivity index (χ4v) is 2.62. The van der Waals surface area contributed by atoms with Gasteiger partial charge in [-0.1, -0.05) is 6.07 Å². The van der Waals surface area contributed by atoms with Crippen molar-refractivity contribution in [1.29, 1.82) is 0 Å². The Balaban J connectivity index is 3.17. The Bertz CT molecular complexity index is 264. The first-order valence-corrected chi connectivity index (χ1v) is 5.97. The zero-order chi connectivity index (χ0) is 8.43. The molecule has 0 fully saturated rings. The van der Waals surface area contributed by atoms with Gasteiger partial charge in [0.2, 0.25) is 0 Å². The van der Waals surface area contributed by atoms with Gasteiger partial charge in [0.25, 0.3) is 0 Å². The summed E-state index contributed by atoms with van der Waals surface area (Å²) in [4.78, 5) is 0. The van der Waals surface area contributed by atoms with Crippen LogP contribution in [0.1, 0.15) is 0 Å². The minimum absolute atomic E-state index is 1.05. The molecular formula is C6H3Br3IN. The van der Waals surface area contributed by atoms with Gasteiger partial charge >= 0.3 is 0 Å². The molecule has 11 heavy (non-hydrogen) atoms. The largest absolute Gasteiger partial charge is 0.241 e. The molecule has 0 N–H and O–H groups in total. The Morgan fingerprint density at radius 2 is 1.91 bits per heavy atom. The Labute approximate surface area is 104 Å². The second-order valence-electron chi connectivity index (χ2n) is 1.81. The number of halogens is 4. The summed E-state index contributed by atoms with van der Waals surface area (Å²) in [6.45, 7) is 0. The quantitative estimate of drug-likeness (QED) is 0.446. The minimum Gasteiger partial charge on any atom is -0.241 e. The zero-order valence-electron chi connectivity index (χ0n) is 5.19. The van der Waals surface area contributed by atoms with Crippen LogP contribution in [0.5, 0.6) is 0 Å². The van der Waals surface area contributed by atoms with Crippen LogP contribution in [0.3, 0.4) is 0 Å². The molecule has 0 atom stereocenters. The van der Waals surface area contributed by atoms with Crippen LogP contribution in [0.4, 0.5) is 5.69 Å². The summed E-state index contributed by atoms with van der Waals surface area (Å²) in [7, 11) is 0. The third kappa shape index (κ3) is 2.57. The SMILES string of the molecule is Brc1c(I)cccc1N(Br)Br. The van der Waals surface area contributed by atoms with Gasteiger partial charge in [0.15, 0.2) is 0 Å². The number of anilines is 1. The first-order valence-electron chi connectivity index (χ1n) is 2.68. The molecule has 0 aliphatic heterocycles. The van der Waals surface area contributed by atoms with Gasteiger partial charge in [0.05, 0.1) is 42.5 Å². The van der Waals surface area contributed by atoms with E-state index in [1.807, 2.05) is 18.2 Å². The van der Waals surface area contributed by atoms with Crippen LogP contribution in [0.25, 0.3) is 0 Å². The molecule has 0 aromatic heterocycles.